The van der Waals surface area contributed by atoms with E-state index in [4.69, 9.17) is 9.47 Å². The molecule has 1 aromatic carbocycles. The molecule has 0 aromatic heterocycles. The zero-order valence-electron chi connectivity index (χ0n) is 14.5. The van der Waals surface area contributed by atoms with Crippen molar-refractivity contribution in [3.8, 4) is 0 Å². The molecular weight excluding hydrogens is 319 g/mol. The molecule has 0 saturated carbocycles. The molecule has 132 valence electrons. The topological polar surface area (TPSA) is 85.3 Å². The van der Waals surface area contributed by atoms with Crippen LogP contribution in [-0.4, -0.2) is 23.4 Å². The Hall–Kier alpha value is -2.51. The van der Waals surface area contributed by atoms with Crippen LogP contribution in [0.5, 0.6) is 0 Å². The number of amides is 2. The molecule has 8 heteroatoms. The van der Waals surface area contributed by atoms with Crippen LogP contribution in [0.15, 0.2) is 23.4 Å². The standard InChI is InChI=1S/C16H21FN2O5/c1-15(2,3)23-13(20)19(14(21)24-16(4,5)6)11-9-7-8-10(18-22)12(11)17/h7-9H,1-6H3. The summed E-state index contributed by atoms with van der Waals surface area (Å²) in [4.78, 5) is 35.8. The van der Waals surface area contributed by atoms with Crippen LogP contribution < -0.4 is 4.90 Å². The highest BCUT2D eigenvalue weighted by Crippen LogP contribution is 2.30. The van der Waals surface area contributed by atoms with Crippen LogP contribution in [0.3, 0.4) is 0 Å². The number of imide groups is 1. The minimum atomic E-state index is -1.13. The van der Waals surface area contributed by atoms with Crippen LogP contribution in [-0.2, 0) is 9.47 Å². The van der Waals surface area contributed by atoms with E-state index in [1.165, 1.54) is 6.07 Å². The number of anilines is 1. The van der Waals surface area contributed by atoms with Crippen LogP contribution in [0.25, 0.3) is 0 Å². The highest BCUT2D eigenvalue weighted by molar-refractivity contribution is 6.09. The van der Waals surface area contributed by atoms with Crippen molar-refractivity contribution in [2.45, 2.75) is 52.7 Å². The summed E-state index contributed by atoms with van der Waals surface area (Å²) in [5.41, 5.74) is -2.86. The first-order chi connectivity index (χ1) is 10.9. The van der Waals surface area contributed by atoms with Crippen molar-refractivity contribution in [1.29, 1.82) is 0 Å². The fraction of sp³-hybridized carbons (Fsp3) is 0.500. The third-order valence-electron chi connectivity index (χ3n) is 2.45. The van der Waals surface area contributed by atoms with Crippen LogP contribution in [0.2, 0.25) is 0 Å². The van der Waals surface area contributed by atoms with Crippen molar-refractivity contribution >= 4 is 23.6 Å². The number of carbonyl (C=O) groups excluding carboxylic acids is 2. The number of rotatable bonds is 2. The lowest BCUT2D eigenvalue weighted by molar-refractivity contribution is 0.0429. The Morgan fingerprint density at radius 3 is 1.83 bits per heavy atom. The zero-order valence-corrected chi connectivity index (χ0v) is 14.5. The van der Waals surface area contributed by atoms with Gasteiger partial charge in [-0.3, -0.25) is 0 Å². The number of nitroso groups, excluding NO2 is 1. The van der Waals surface area contributed by atoms with Gasteiger partial charge in [-0.05, 0) is 58.9 Å². The number of benzene rings is 1. The molecule has 0 saturated heterocycles. The number of nitrogens with zero attached hydrogens (tertiary/aromatic N) is 2. The van der Waals surface area contributed by atoms with Crippen LogP contribution >= 0.6 is 0 Å². The van der Waals surface area contributed by atoms with Crippen molar-refractivity contribution in [3.05, 3.63) is 28.9 Å². The van der Waals surface area contributed by atoms with Gasteiger partial charge in [0.1, 0.15) is 16.9 Å². The molecule has 0 aliphatic rings. The Labute approximate surface area is 139 Å². The van der Waals surface area contributed by atoms with Crippen LogP contribution in [0, 0.1) is 10.7 Å². The van der Waals surface area contributed by atoms with Gasteiger partial charge in [0, 0.05) is 0 Å². The van der Waals surface area contributed by atoms with Gasteiger partial charge in [0.25, 0.3) is 0 Å². The van der Waals surface area contributed by atoms with E-state index in [-0.39, 0.29) is 0 Å². The monoisotopic (exact) mass is 340 g/mol. The fourth-order valence-electron chi connectivity index (χ4n) is 1.64. The molecule has 0 aliphatic carbocycles. The van der Waals surface area contributed by atoms with Gasteiger partial charge in [0.2, 0.25) is 0 Å². The first-order valence-electron chi connectivity index (χ1n) is 7.23. The summed E-state index contributed by atoms with van der Waals surface area (Å²) in [6.07, 6.45) is -2.25. The summed E-state index contributed by atoms with van der Waals surface area (Å²) < 4.78 is 24.6. The lowest BCUT2D eigenvalue weighted by Crippen LogP contribution is -2.44. The molecule has 0 spiro atoms. The third kappa shape index (κ3) is 5.29. The first kappa shape index (κ1) is 19.5. The molecule has 7 nitrogen and oxygen atoms in total. The molecule has 1 aromatic rings. The molecule has 0 unspecified atom stereocenters. The summed E-state index contributed by atoms with van der Waals surface area (Å²) in [7, 11) is 0. The minimum absolute atomic E-state index is 0.403. The molecule has 24 heavy (non-hydrogen) atoms. The number of halogens is 1. The zero-order chi connectivity index (χ0) is 18.7. The van der Waals surface area contributed by atoms with Crippen LogP contribution in [0.4, 0.5) is 25.4 Å². The normalized spacial score (nSPS) is 11.6. The highest BCUT2D eigenvalue weighted by atomic mass is 19.1. The fourth-order valence-corrected chi connectivity index (χ4v) is 1.64. The van der Waals surface area contributed by atoms with Gasteiger partial charge in [-0.1, -0.05) is 6.07 Å². The number of hydrogen-bond acceptors (Lipinski definition) is 6. The quantitative estimate of drug-likeness (QED) is 0.715. The van der Waals surface area contributed by atoms with Gasteiger partial charge in [-0.2, -0.15) is 4.90 Å². The lowest BCUT2D eigenvalue weighted by atomic mass is 10.2. The SMILES string of the molecule is CC(C)(C)OC(=O)N(C(=O)OC(C)(C)C)c1cccc(N=O)c1F. The van der Waals surface area contributed by atoms with Crippen molar-refractivity contribution in [3.63, 3.8) is 0 Å². The Bertz CT molecular complexity index is 619. The average molecular weight is 340 g/mol. The van der Waals surface area contributed by atoms with Crippen molar-refractivity contribution < 1.29 is 23.5 Å². The molecule has 1 rings (SSSR count). The average Bonchev–Trinajstić information content (AvgIpc) is 2.36. The Balaban J connectivity index is 3.36. The third-order valence-corrected chi connectivity index (χ3v) is 2.45. The van der Waals surface area contributed by atoms with Gasteiger partial charge in [-0.15, -0.1) is 4.91 Å². The summed E-state index contributed by atoms with van der Waals surface area (Å²) >= 11 is 0. The maximum atomic E-state index is 14.4. The molecule has 0 bridgehead atoms. The van der Waals surface area contributed by atoms with Crippen molar-refractivity contribution in [1.82, 2.24) is 0 Å². The van der Waals surface area contributed by atoms with Gasteiger partial charge in [0.05, 0.1) is 5.69 Å². The van der Waals surface area contributed by atoms with Crippen LogP contribution in [0.1, 0.15) is 41.5 Å². The molecule has 0 heterocycles. The minimum Gasteiger partial charge on any atom is -0.443 e. The van der Waals surface area contributed by atoms with Crippen molar-refractivity contribution in [2.75, 3.05) is 4.90 Å². The van der Waals surface area contributed by atoms with E-state index in [1.807, 2.05) is 0 Å². The van der Waals surface area contributed by atoms with Gasteiger partial charge in [-0.25, -0.2) is 14.0 Å². The summed E-state index contributed by atoms with van der Waals surface area (Å²) in [5, 5.41) is 2.53. The van der Waals surface area contributed by atoms with E-state index in [1.54, 1.807) is 41.5 Å². The second-order valence-corrected chi connectivity index (χ2v) is 7.00. The molecule has 0 radical (unpaired) electrons. The lowest BCUT2D eigenvalue weighted by Gasteiger charge is -2.28. The predicted molar refractivity (Wildman–Crippen MR) is 86.8 cm³/mol. The summed E-state index contributed by atoms with van der Waals surface area (Å²) in [6, 6.07) is 3.56. The Morgan fingerprint density at radius 1 is 1.00 bits per heavy atom. The van der Waals surface area contributed by atoms with E-state index in [2.05, 4.69) is 5.18 Å². The summed E-state index contributed by atoms with van der Waals surface area (Å²) in [5.74, 6) is -1.12. The molecule has 0 fully saturated rings. The van der Waals surface area contributed by atoms with E-state index >= 15 is 0 Å². The van der Waals surface area contributed by atoms with E-state index in [9.17, 15) is 18.9 Å². The maximum Gasteiger partial charge on any atom is 0.424 e. The van der Waals surface area contributed by atoms with Gasteiger partial charge < -0.3 is 9.47 Å². The highest BCUT2D eigenvalue weighted by Gasteiger charge is 2.34. The number of carbonyl (C=O) groups is 2. The summed E-state index contributed by atoms with van der Waals surface area (Å²) in [6.45, 7) is 9.57. The predicted octanol–water partition coefficient (Wildman–Crippen LogP) is 4.90. The molecule has 0 N–H and O–H groups in total. The Morgan fingerprint density at radius 2 is 1.46 bits per heavy atom. The second kappa shape index (κ2) is 6.94. The van der Waals surface area contributed by atoms with E-state index < -0.39 is 40.6 Å². The first-order valence-corrected chi connectivity index (χ1v) is 7.23. The largest absolute Gasteiger partial charge is 0.443 e. The smallest absolute Gasteiger partial charge is 0.424 e. The van der Waals surface area contributed by atoms with E-state index in [0.717, 1.165) is 12.1 Å². The molecule has 2 amide bonds. The molecule has 0 aliphatic heterocycles. The van der Waals surface area contributed by atoms with Crippen molar-refractivity contribution in [2.24, 2.45) is 5.18 Å². The maximum absolute atomic E-state index is 14.4. The second-order valence-electron chi connectivity index (χ2n) is 7.00. The number of ether oxygens (including phenoxy) is 2. The molecular formula is C16H21FN2O5. The van der Waals surface area contributed by atoms with Gasteiger partial charge in [0.15, 0.2) is 5.82 Å². The van der Waals surface area contributed by atoms with E-state index in [0.29, 0.717) is 4.90 Å². The van der Waals surface area contributed by atoms with Gasteiger partial charge >= 0.3 is 12.2 Å². The Kier molecular flexibility index (Phi) is 5.65. The number of hydrogen-bond donors (Lipinski definition) is 0. The molecule has 0 atom stereocenters.